The average Bonchev–Trinajstić information content (AvgIpc) is 2.83. The Kier molecular flexibility index (Phi) is 6.80. The van der Waals surface area contributed by atoms with Crippen molar-refractivity contribution in [2.75, 3.05) is 11.5 Å². The normalized spacial score (nSPS) is 12.3. The number of ether oxygens (including phenoxy) is 2. The van der Waals surface area contributed by atoms with E-state index in [4.69, 9.17) is 20.9 Å². The predicted molar refractivity (Wildman–Crippen MR) is 134 cm³/mol. The third-order valence-corrected chi connectivity index (χ3v) is 5.81. The molecule has 192 valence electrons. The van der Waals surface area contributed by atoms with Gasteiger partial charge in [-0.3, -0.25) is 0 Å². The van der Waals surface area contributed by atoms with Gasteiger partial charge in [-0.05, 0) is 83.9 Å². The van der Waals surface area contributed by atoms with Crippen molar-refractivity contribution in [1.82, 2.24) is 0 Å². The molecule has 0 bridgehead atoms. The molecule has 4 rings (SSSR count). The van der Waals surface area contributed by atoms with Gasteiger partial charge in [-0.15, -0.1) is 0 Å². The van der Waals surface area contributed by atoms with Crippen LogP contribution in [0.2, 0.25) is 0 Å². The van der Waals surface area contributed by atoms with Crippen molar-refractivity contribution in [1.29, 1.82) is 0 Å². The highest BCUT2D eigenvalue weighted by molar-refractivity contribution is 5.49. The second kappa shape index (κ2) is 9.71. The molecule has 4 aromatic rings. The number of benzene rings is 4. The summed E-state index contributed by atoms with van der Waals surface area (Å²) in [6.07, 6.45) is 0. The van der Waals surface area contributed by atoms with Crippen LogP contribution >= 0.6 is 0 Å². The van der Waals surface area contributed by atoms with Crippen molar-refractivity contribution in [3.05, 3.63) is 108 Å². The Labute approximate surface area is 211 Å². The summed E-state index contributed by atoms with van der Waals surface area (Å²) in [6.45, 7) is 0. The molecular formula is C27H26N2O8. The molecule has 0 saturated heterocycles. The molecule has 4 aromatic carbocycles. The number of aliphatic hydroxyl groups is 6. The SMILES string of the molecule is Nc1ccc(Oc2ccc(C(c3ccc(Oc4ccc(N)cc4)cc3)(C(O)(O)O)C(O)(O)O)cc2)cc1. The van der Waals surface area contributed by atoms with Crippen molar-refractivity contribution >= 4 is 11.4 Å². The summed E-state index contributed by atoms with van der Waals surface area (Å²) >= 11 is 0. The van der Waals surface area contributed by atoms with E-state index in [-0.39, 0.29) is 11.1 Å². The maximum Gasteiger partial charge on any atom is 0.298 e. The molecule has 0 aliphatic rings. The molecule has 0 aliphatic carbocycles. The van der Waals surface area contributed by atoms with Crippen molar-refractivity contribution in [3.8, 4) is 23.0 Å². The fourth-order valence-electron chi connectivity index (χ4n) is 4.06. The molecule has 0 amide bonds. The Morgan fingerprint density at radius 1 is 0.405 bits per heavy atom. The van der Waals surface area contributed by atoms with E-state index >= 15 is 0 Å². The monoisotopic (exact) mass is 506 g/mol. The zero-order chi connectivity index (χ0) is 26.8. The minimum atomic E-state index is -3.84. The van der Waals surface area contributed by atoms with E-state index in [0.29, 0.717) is 34.4 Å². The molecule has 0 fully saturated rings. The topological polar surface area (TPSA) is 192 Å². The lowest BCUT2D eigenvalue weighted by Gasteiger charge is -2.45. The first-order valence-corrected chi connectivity index (χ1v) is 11.0. The third kappa shape index (κ3) is 5.20. The van der Waals surface area contributed by atoms with Crippen LogP contribution in [-0.2, 0) is 5.41 Å². The van der Waals surface area contributed by atoms with Gasteiger partial charge in [-0.2, -0.15) is 0 Å². The second-order valence-corrected chi connectivity index (χ2v) is 8.41. The summed E-state index contributed by atoms with van der Waals surface area (Å²) in [5.74, 6) is -6.16. The highest BCUT2D eigenvalue weighted by Crippen LogP contribution is 2.47. The summed E-state index contributed by atoms with van der Waals surface area (Å²) < 4.78 is 11.4. The van der Waals surface area contributed by atoms with Crippen LogP contribution in [-0.4, -0.2) is 42.6 Å². The van der Waals surface area contributed by atoms with Crippen LogP contribution in [0.15, 0.2) is 97.1 Å². The highest BCUT2D eigenvalue weighted by atomic mass is 16.7. The quantitative estimate of drug-likeness (QED) is 0.129. The minimum Gasteiger partial charge on any atom is -0.457 e. The summed E-state index contributed by atoms with van der Waals surface area (Å²) in [6, 6.07) is 23.6. The second-order valence-electron chi connectivity index (χ2n) is 8.41. The molecule has 0 radical (unpaired) electrons. The number of anilines is 2. The molecular weight excluding hydrogens is 480 g/mol. The lowest BCUT2D eigenvalue weighted by atomic mass is 9.70. The van der Waals surface area contributed by atoms with E-state index in [1.165, 1.54) is 48.5 Å². The molecule has 0 heterocycles. The van der Waals surface area contributed by atoms with Crippen LogP contribution in [0.4, 0.5) is 11.4 Å². The maximum absolute atomic E-state index is 10.4. The van der Waals surface area contributed by atoms with Gasteiger partial charge in [0.25, 0.3) is 11.9 Å². The standard InChI is InChI=1S/C27H26N2O8/c28-19-5-13-23(14-6-19)36-21-9-1-17(2-10-21)25(26(30,31)32,27(33,34)35)18-3-11-22(12-4-18)37-24-15-7-20(29)8-16-24/h1-16,30-35H,28-29H2. The number of hydrogen-bond acceptors (Lipinski definition) is 10. The predicted octanol–water partition coefficient (Wildman–Crippen LogP) is 1.98. The van der Waals surface area contributed by atoms with Crippen LogP contribution in [0.25, 0.3) is 0 Å². The van der Waals surface area contributed by atoms with E-state index in [9.17, 15) is 30.6 Å². The summed E-state index contributed by atoms with van der Waals surface area (Å²) in [5, 5.41) is 62.3. The Balaban J connectivity index is 1.71. The van der Waals surface area contributed by atoms with Gasteiger partial charge >= 0.3 is 0 Å². The molecule has 0 atom stereocenters. The number of nitrogens with two attached hydrogens (primary N) is 2. The Bertz CT molecular complexity index is 1220. The zero-order valence-electron chi connectivity index (χ0n) is 19.4. The molecule has 10 N–H and O–H groups in total. The van der Waals surface area contributed by atoms with E-state index in [1.54, 1.807) is 48.5 Å². The Morgan fingerprint density at radius 2 is 0.649 bits per heavy atom. The lowest BCUT2D eigenvalue weighted by Crippen LogP contribution is -2.66. The van der Waals surface area contributed by atoms with Crippen molar-refractivity contribution < 1.29 is 40.1 Å². The van der Waals surface area contributed by atoms with Gasteiger partial charge < -0.3 is 51.6 Å². The van der Waals surface area contributed by atoms with E-state index < -0.39 is 17.4 Å². The van der Waals surface area contributed by atoms with Crippen molar-refractivity contribution in [2.45, 2.75) is 17.4 Å². The van der Waals surface area contributed by atoms with E-state index in [0.717, 1.165) is 0 Å². The molecule has 0 spiro atoms. The Hall–Kier alpha value is -4.16. The largest absolute Gasteiger partial charge is 0.457 e. The molecule has 0 unspecified atom stereocenters. The van der Waals surface area contributed by atoms with Gasteiger partial charge in [0.05, 0.1) is 0 Å². The van der Waals surface area contributed by atoms with Crippen LogP contribution in [0, 0.1) is 0 Å². The van der Waals surface area contributed by atoms with E-state index in [1.807, 2.05) is 0 Å². The van der Waals surface area contributed by atoms with Gasteiger partial charge in [-0.1, -0.05) is 24.3 Å². The molecule has 37 heavy (non-hydrogen) atoms. The van der Waals surface area contributed by atoms with E-state index in [2.05, 4.69) is 0 Å². The highest BCUT2D eigenvalue weighted by Gasteiger charge is 2.65. The van der Waals surface area contributed by atoms with Crippen LogP contribution in [0.5, 0.6) is 23.0 Å². The molecule has 0 saturated carbocycles. The van der Waals surface area contributed by atoms with Gasteiger partial charge in [0.15, 0.2) is 5.41 Å². The first-order valence-electron chi connectivity index (χ1n) is 11.0. The van der Waals surface area contributed by atoms with Gasteiger partial charge in [0, 0.05) is 11.4 Å². The lowest BCUT2D eigenvalue weighted by molar-refractivity contribution is -0.442. The first kappa shape index (κ1) is 25.9. The summed E-state index contributed by atoms with van der Waals surface area (Å²) in [7, 11) is 0. The number of nitrogen functional groups attached to an aromatic ring is 2. The van der Waals surface area contributed by atoms with Crippen LogP contribution in [0.3, 0.4) is 0 Å². The molecule has 0 aliphatic heterocycles. The third-order valence-electron chi connectivity index (χ3n) is 5.81. The first-order chi connectivity index (χ1) is 17.4. The van der Waals surface area contributed by atoms with Crippen LogP contribution in [0.1, 0.15) is 11.1 Å². The fraction of sp³-hybridized carbons (Fsp3) is 0.111. The number of rotatable bonds is 8. The molecule has 10 heteroatoms. The number of hydrogen-bond donors (Lipinski definition) is 8. The smallest absolute Gasteiger partial charge is 0.298 e. The maximum atomic E-state index is 10.4. The van der Waals surface area contributed by atoms with Gasteiger partial charge in [0.2, 0.25) is 0 Å². The van der Waals surface area contributed by atoms with Gasteiger partial charge in [0.1, 0.15) is 23.0 Å². The van der Waals surface area contributed by atoms with Gasteiger partial charge in [-0.25, -0.2) is 0 Å². The fourth-order valence-corrected chi connectivity index (χ4v) is 4.06. The average molecular weight is 507 g/mol. The Morgan fingerprint density at radius 3 is 0.892 bits per heavy atom. The minimum absolute atomic E-state index is 0.260. The zero-order valence-corrected chi connectivity index (χ0v) is 19.4. The van der Waals surface area contributed by atoms with Crippen LogP contribution < -0.4 is 20.9 Å². The summed E-state index contributed by atoms with van der Waals surface area (Å²) in [4.78, 5) is 0. The van der Waals surface area contributed by atoms with Crippen molar-refractivity contribution in [3.63, 3.8) is 0 Å². The van der Waals surface area contributed by atoms with Crippen molar-refractivity contribution in [2.24, 2.45) is 0 Å². The summed E-state index contributed by atoms with van der Waals surface area (Å²) in [5.41, 5.74) is 8.95. The molecule has 0 aromatic heterocycles. The molecule has 10 nitrogen and oxygen atoms in total.